The Kier molecular flexibility index (Phi) is 7.63. The molecular formula is C23H29N3O4S2. The Morgan fingerprint density at radius 1 is 1.12 bits per heavy atom. The zero-order valence-electron chi connectivity index (χ0n) is 18.8. The minimum Gasteiger partial charge on any atom is -0.350 e. The Balaban J connectivity index is 1.81. The number of carbonyl (C=O) groups is 2. The summed E-state index contributed by atoms with van der Waals surface area (Å²) >= 11 is 1.65. The maximum Gasteiger partial charge on any atom is 0.243 e. The molecule has 32 heavy (non-hydrogen) atoms. The van der Waals surface area contributed by atoms with E-state index in [2.05, 4.69) is 5.32 Å². The highest BCUT2D eigenvalue weighted by Gasteiger charge is 2.37. The summed E-state index contributed by atoms with van der Waals surface area (Å²) in [5, 5.41) is 2.91. The van der Waals surface area contributed by atoms with Crippen LogP contribution in [0.2, 0.25) is 0 Å². The van der Waals surface area contributed by atoms with E-state index in [-0.39, 0.29) is 23.1 Å². The van der Waals surface area contributed by atoms with Crippen molar-refractivity contribution < 1.29 is 18.0 Å². The number of amides is 2. The van der Waals surface area contributed by atoms with E-state index in [1.807, 2.05) is 30.5 Å². The average Bonchev–Trinajstić information content (AvgIpc) is 3.17. The van der Waals surface area contributed by atoms with Crippen molar-refractivity contribution in [2.45, 2.75) is 49.6 Å². The van der Waals surface area contributed by atoms with Crippen LogP contribution in [0.1, 0.15) is 31.9 Å². The van der Waals surface area contributed by atoms with Gasteiger partial charge < -0.3 is 5.32 Å². The third-order valence-electron chi connectivity index (χ3n) is 5.65. The van der Waals surface area contributed by atoms with E-state index in [1.54, 1.807) is 37.7 Å². The van der Waals surface area contributed by atoms with Crippen LogP contribution in [0, 0.1) is 0 Å². The van der Waals surface area contributed by atoms with Crippen LogP contribution in [0.5, 0.6) is 0 Å². The highest BCUT2D eigenvalue weighted by Crippen LogP contribution is 2.35. The van der Waals surface area contributed by atoms with Crippen LogP contribution in [0.15, 0.2) is 52.3 Å². The van der Waals surface area contributed by atoms with Crippen molar-refractivity contribution in [2.75, 3.05) is 24.2 Å². The predicted molar refractivity (Wildman–Crippen MR) is 127 cm³/mol. The summed E-state index contributed by atoms with van der Waals surface area (Å²) < 4.78 is 27.2. The number of thioether (sulfide) groups is 1. The van der Waals surface area contributed by atoms with Crippen LogP contribution in [0.25, 0.3) is 0 Å². The Hall–Kier alpha value is -2.36. The number of anilines is 1. The van der Waals surface area contributed by atoms with Gasteiger partial charge in [0.15, 0.2) is 0 Å². The average molecular weight is 476 g/mol. The van der Waals surface area contributed by atoms with Gasteiger partial charge in [-0.2, -0.15) is 4.31 Å². The molecule has 2 aromatic rings. The molecule has 0 saturated carbocycles. The van der Waals surface area contributed by atoms with E-state index in [0.29, 0.717) is 30.9 Å². The van der Waals surface area contributed by atoms with E-state index in [9.17, 15) is 18.0 Å². The second-order valence-corrected chi connectivity index (χ2v) is 10.4. The summed E-state index contributed by atoms with van der Waals surface area (Å²) in [5.41, 5.74) is 2.23. The highest BCUT2D eigenvalue weighted by molar-refractivity contribution is 7.98. The number of rotatable bonds is 8. The lowest BCUT2D eigenvalue weighted by molar-refractivity contribution is -0.125. The zero-order valence-corrected chi connectivity index (χ0v) is 20.4. The second kappa shape index (κ2) is 10.1. The van der Waals surface area contributed by atoms with Gasteiger partial charge in [-0.25, -0.2) is 8.42 Å². The molecule has 1 N–H and O–H groups in total. The number of nitrogens with one attached hydrogen (secondary N) is 1. The van der Waals surface area contributed by atoms with Crippen LogP contribution < -0.4 is 10.2 Å². The van der Waals surface area contributed by atoms with E-state index in [4.69, 9.17) is 0 Å². The number of carbonyl (C=O) groups excluding carboxylic acids is 2. The van der Waals surface area contributed by atoms with Crippen LogP contribution in [0.4, 0.5) is 5.69 Å². The van der Waals surface area contributed by atoms with Gasteiger partial charge in [0.25, 0.3) is 0 Å². The molecule has 2 amide bonds. The molecule has 1 heterocycles. The first-order valence-corrected chi connectivity index (χ1v) is 13.2. The molecule has 0 aliphatic carbocycles. The monoisotopic (exact) mass is 475 g/mol. The Morgan fingerprint density at radius 2 is 1.78 bits per heavy atom. The van der Waals surface area contributed by atoms with Crippen molar-refractivity contribution >= 4 is 39.3 Å². The first-order chi connectivity index (χ1) is 15.2. The fraction of sp³-hybridized carbons (Fsp3) is 0.391. The Labute approximate surface area is 194 Å². The summed E-state index contributed by atoms with van der Waals surface area (Å²) in [6.07, 6.45) is 2.28. The normalized spacial score (nSPS) is 15.7. The first-order valence-electron chi connectivity index (χ1n) is 10.6. The van der Waals surface area contributed by atoms with Gasteiger partial charge in [-0.15, -0.1) is 11.8 Å². The van der Waals surface area contributed by atoms with Crippen molar-refractivity contribution in [3.8, 4) is 0 Å². The highest BCUT2D eigenvalue weighted by atomic mass is 32.2. The fourth-order valence-electron chi connectivity index (χ4n) is 3.95. The maximum atomic E-state index is 13.0. The third-order valence-corrected chi connectivity index (χ3v) is 8.44. The summed E-state index contributed by atoms with van der Waals surface area (Å²) in [5.74, 6) is -0.522. The molecule has 1 atom stereocenters. The fourth-order valence-corrected chi connectivity index (χ4v) is 5.87. The molecule has 1 aliphatic heterocycles. The lowest BCUT2D eigenvalue weighted by Crippen LogP contribution is -2.47. The lowest BCUT2D eigenvalue weighted by Gasteiger charge is -2.23. The van der Waals surface area contributed by atoms with Crippen molar-refractivity contribution in [3.63, 3.8) is 0 Å². The zero-order chi connectivity index (χ0) is 23.5. The molecule has 0 radical (unpaired) electrons. The molecule has 0 fully saturated rings. The number of nitrogens with zero attached hydrogens (tertiary/aromatic N) is 2. The third kappa shape index (κ3) is 4.84. The summed E-state index contributed by atoms with van der Waals surface area (Å²) in [6.45, 7) is 6.10. The lowest BCUT2D eigenvalue weighted by atomic mass is 10.1. The Bertz CT molecular complexity index is 1100. The number of hydrogen-bond acceptors (Lipinski definition) is 5. The topological polar surface area (TPSA) is 86.8 Å². The van der Waals surface area contributed by atoms with Crippen molar-refractivity contribution in [1.29, 1.82) is 0 Å². The van der Waals surface area contributed by atoms with Crippen LogP contribution in [-0.2, 0) is 32.6 Å². The van der Waals surface area contributed by atoms with E-state index < -0.39 is 16.1 Å². The van der Waals surface area contributed by atoms with Crippen LogP contribution in [0.3, 0.4) is 0 Å². The largest absolute Gasteiger partial charge is 0.350 e. The Morgan fingerprint density at radius 3 is 2.34 bits per heavy atom. The van der Waals surface area contributed by atoms with Crippen molar-refractivity contribution in [3.05, 3.63) is 53.6 Å². The molecule has 0 bridgehead atoms. The van der Waals surface area contributed by atoms with Gasteiger partial charge in [-0.3, -0.25) is 14.5 Å². The molecule has 0 aromatic heterocycles. The molecule has 0 spiro atoms. The summed E-state index contributed by atoms with van der Waals surface area (Å²) in [6, 6.07) is 11.9. The minimum absolute atomic E-state index is 0.179. The molecular weight excluding hydrogens is 446 g/mol. The van der Waals surface area contributed by atoms with Crippen LogP contribution >= 0.6 is 11.8 Å². The van der Waals surface area contributed by atoms with E-state index in [1.165, 1.54) is 22.2 Å². The maximum absolute atomic E-state index is 13.0. The van der Waals surface area contributed by atoms with Gasteiger partial charge in [0.1, 0.15) is 6.04 Å². The molecule has 9 heteroatoms. The van der Waals surface area contributed by atoms with Gasteiger partial charge in [-0.05, 0) is 47.7 Å². The quantitative estimate of drug-likeness (QED) is 0.593. The summed E-state index contributed by atoms with van der Waals surface area (Å²) in [4.78, 5) is 28.1. The molecule has 1 aliphatic rings. The standard InChI is InChI=1S/C23H29N3O4S2/c1-5-25(6-2)32(29,30)20-11-12-21-18(13-20)14-22(26(21)16(3)27)23(28)24-15-17-7-9-19(31-4)10-8-17/h7-13,22H,5-6,14-15H2,1-4H3,(H,24,28). The smallest absolute Gasteiger partial charge is 0.243 e. The van der Waals surface area contributed by atoms with Gasteiger partial charge >= 0.3 is 0 Å². The molecule has 172 valence electrons. The molecule has 3 rings (SSSR count). The minimum atomic E-state index is -3.62. The SMILES string of the molecule is CCN(CC)S(=O)(=O)c1ccc2c(c1)CC(C(=O)NCc1ccc(SC)cc1)N2C(C)=O. The first kappa shape index (κ1) is 24.3. The van der Waals surface area contributed by atoms with E-state index >= 15 is 0 Å². The number of hydrogen-bond donors (Lipinski definition) is 1. The van der Waals surface area contributed by atoms with Crippen LogP contribution in [-0.4, -0.2) is 49.9 Å². The van der Waals surface area contributed by atoms with Gasteiger partial charge in [0.2, 0.25) is 21.8 Å². The number of fused-ring (bicyclic) bond motifs is 1. The number of benzene rings is 2. The van der Waals surface area contributed by atoms with Gasteiger partial charge in [-0.1, -0.05) is 26.0 Å². The van der Waals surface area contributed by atoms with Crippen molar-refractivity contribution in [1.82, 2.24) is 9.62 Å². The van der Waals surface area contributed by atoms with Gasteiger partial charge in [0.05, 0.1) is 4.90 Å². The second-order valence-electron chi connectivity index (χ2n) is 7.55. The van der Waals surface area contributed by atoms with Gasteiger partial charge in [0, 0.05) is 43.6 Å². The predicted octanol–water partition coefficient (Wildman–Crippen LogP) is 3.03. The molecule has 0 saturated heterocycles. The molecule has 2 aromatic carbocycles. The summed E-state index contributed by atoms with van der Waals surface area (Å²) in [7, 11) is -3.62. The molecule has 1 unspecified atom stereocenters. The van der Waals surface area contributed by atoms with Crippen molar-refractivity contribution in [2.24, 2.45) is 0 Å². The number of sulfonamides is 1. The molecule has 7 nitrogen and oxygen atoms in total. The van der Waals surface area contributed by atoms with E-state index in [0.717, 1.165) is 10.5 Å².